The van der Waals surface area contributed by atoms with Crippen LogP contribution in [-0.2, 0) is 0 Å². The van der Waals surface area contributed by atoms with Crippen molar-refractivity contribution >= 4 is 5.91 Å². The molecule has 5 nitrogen and oxygen atoms in total. The monoisotopic (exact) mass is 301 g/mol. The van der Waals surface area contributed by atoms with Gasteiger partial charge in [-0.25, -0.2) is 4.98 Å². The maximum atomic E-state index is 12.9. The zero-order valence-electron chi connectivity index (χ0n) is 13.7. The van der Waals surface area contributed by atoms with Crippen LogP contribution in [0.15, 0.2) is 16.8 Å². The van der Waals surface area contributed by atoms with Gasteiger partial charge in [-0.3, -0.25) is 4.79 Å². The molecule has 0 aliphatic carbocycles. The van der Waals surface area contributed by atoms with Gasteiger partial charge in [0, 0.05) is 31.0 Å². The van der Waals surface area contributed by atoms with Gasteiger partial charge in [-0.1, -0.05) is 0 Å². The van der Waals surface area contributed by atoms with Crippen LogP contribution >= 0.6 is 0 Å². The van der Waals surface area contributed by atoms with Crippen molar-refractivity contribution in [3.05, 3.63) is 40.9 Å². The van der Waals surface area contributed by atoms with Gasteiger partial charge in [0.15, 0.2) is 0 Å². The molecule has 1 fully saturated rings. The van der Waals surface area contributed by atoms with Crippen LogP contribution in [0.5, 0.6) is 0 Å². The van der Waals surface area contributed by atoms with Gasteiger partial charge in [0.2, 0.25) is 0 Å². The molecule has 0 spiro atoms. The SMILES string of the molecule is Cc1oc(C)c(C(=O)N2CCC[C@H](n3ccnc3C)C2)c1C. The average Bonchev–Trinajstić information content (AvgIpc) is 3.03. The first-order chi connectivity index (χ1) is 10.5. The van der Waals surface area contributed by atoms with E-state index < -0.39 is 0 Å². The van der Waals surface area contributed by atoms with E-state index in [2.05, 4.69) is 9.55 Å². The molecule has 1 atom stereocenters. The van der Waals surface area contributed by atoms with Crippen molar-refractivity contribution in [2.45, 2.75) is 46.6 Å². The third kappa shape index (κ3) is 2.45. The maximum Gasteiger partial charge on any atom is 0.257 e. The zero-order valence-corrected chi connectivity index (χ0v) is 13.7. The standard InChI is InChI=1S/C17H23N3O2/c1-11-12(2)22-13(3)16(11)17(21)19-8-5-6-15(10-19)20-9-7-18-14(20)4/h7,9,15H,5-6,8,10H2,1-4H3/t15-/m0/s1. The number of piperidine rings is 1. The van der Waals surface area contributed by atoms with Gasteiger partial charge in [0.25, 0.3) is 5.91 Å². The molecule has 0 bridgehead atoms. The Morgan fingerprint density at radius 3 is 2.64 bits per heavy atom. The molecule has 3 rings (SSSR count). The Kier molecular flexibility index (Phi) is 3.81. The first kappa shape index (κ1) is 14.9. The molecule has 1 aliphatic heterocycles. The number of rotatable bonds is 2. The van der Waals surface area contributed by atoms with Crippen molar-refractivity contribution in [2.24, 2.45) is 0 Å². The van der Waals surface area contributed by atoms with Gasteiger partial charge >= 0.3 is 0 Å². The van der Waals surface area contributed by atoms with Gasteiger partial charge < -0.3 is 13.9 Å². The Morgan fingerprint density at radius 1 is 1.27 bits per heavy atom. The summed E-state index contributed by atoms with van der Waals surface area (Å²) in [5, 5.41) is 0. The van der Waals surface area contributed by atoms with E-state index in [1.165, 1.54) is 0 Å². The Balaban J connectivity index is 1.83. The summed E-state index contributed by atoms with van der Waals surface area (Å²) < 4.78 is 7.79. The predicted octanol–water partition coefficient (Wildman–Crippen LogP) is 3.19. The smallest absolute Gasteiger partial charge is 0.257 e. The molecule has 1 amide bonds. The quantitative estimate of drug-likeness (QED) is 0.856. The highest BCUT2D eigenvalue weighted by Gasteiger charge is 2.29. The van der Waals surface area contributed by atoms with Gasteiger partial charge in [-0.2, -0.15) is 0 Å². The minimum Gasteiger partial charge on any atom is -0.466 e. The van der Waals surface area contributed by atoms with Crippen molar-refractivity contribution in [2.75, 3.05) is 13.1 Å². The van der Waals surface area contributed by atoms with E-state index in [9.17, 15) is 4.79 Å². The number of amides is 1. The second kappa shape index (κ2) is 5.63. The molecule has 1 aliphatic rings. The molecule has 2 aromatic heterocycles. The number of likely N-dealkylation sites (tertiary alicyclic amines) is 1. The fraction of sp³-hybridized carbons (Fsp3) is 0.529. The molecular formula is C17H23N3O2. The average molecular weight is 301 g/mol. The molecule has 3 heterocycles. The van der Waals surface area contributed by atoms with Crippen LogP contribution in [0, 0.1) is 27.7 Å². The number of furan rings is 1. The van der Waals surface area contributed by atoms with Crippen LogP contribution in [0.25, 0.3) is 0 Å². The lowest BCUT2D eigenvalue weighted by molar-refractivity contribution is 0.0676. The van der Waals surface area contributed by atoms with E-state index in [1.807, 2.05) is 45.0 Å². The summed E-state index contributed by atoms with van der Waals surface area (Å²) in [6.07, 6.45) is 5.93. The Bertz CT molecular complexity index is 699. The van der Waals surface area contributed by atoms with E-state index in [0.29, 0.717) is 6.04 Å². The van der Waals surface area contributed by atoms with Gasteiger partial charge in [-0.05, 0) is 40.5 Å². The summed E-state index contributed by atoms with van der Waals surface area (Å²) in [5.74, 6) is 2.65. The molecule has 0 saturated carbocycles. The molecule has 2 aromatic rings. The summed E-state index contributed by atoms with van der Waals surface area (Å²) in [5.41, 5.74) is 1.70. The minimum atomic E-state index is 0.0920. The molecule has 0 radical (unpaired) electrons. The first-order valence-corrected chi connectivity index (χ1v) is 7.84. The molecule has 0 unspecified atom stereocenters. The lowest BCUT2D eigenvalue weighted by Crippen LogP contribution is -2.41. The number of aryl methyl sites for hydroxylation is 3. The van der Waals surface area contributed by atoms with Crippen molar-refractivity contribution in [1.29, 1.82) is 0 Å². The fourth-order valence-corrected chi connectivity index (χ4v) is 3.41. The first-order valence-electron chi connectivity index (χ1n) is 7.84. The number of hydrogen-bond acceptors (Lipinski definition) is 3. The van der Waals surface area contributed by atoms with Crippen molar-refractivity contribution in [1.82, 2.24) is 14.5 Å². The highest BCUT2D eigenvalue weighted by Crippen LogP contribution is 2.27. The maximum absolute atomic E-state index is 12.9. The number of carbonyl (C=O) groups excluding carboxylic acids is 1. The number of carbonyl (C=O) groups is 1. The molecule has 22 heavy (non-hydrogen) atoms. The molecule has 118 valence electrons. The van der Waals surface area contributed by atoms with E-state index in [1.54, 1.807) is 0 Å². The zero-order chi connectivity index (χ0) is 15.9. The van der Waals surface area contributed by atoms with Crippen LogP contribution in [0.2, 0.25) is 0 Å². The topological polar surface area (TPSA) is 51.3 Å². The third-order valence-electron chi connectivity index (χ3n) is 4.71. The summed E-state index contributed by atoms with van der Waals surface area (Å²) in [6.45, 7) is 9.29. The highest BCUT2D eigenvalue weighted by atomic mass is 16.3. The van der Waals surface area contributed by atoms with Crippen LogP contribution in [-0.4, -0.2) is 33.4 Å². The number of aromatic nitrogens is 2. The molecule has 0 N–H and O–H groups in total. The fourth-order valence-electron chi connectivity index (χ4n) is 3.41. The number of nitrogens with zero attached hydrogens (tertiary/aromatic N) is 3. The van der Waals surface area contributed by atoms with Crippen LogP contribution in [0.4, 0.5) is 0 Å². The van der Waals surface area contributed by atoms with Crippen LogP contribution < -0.4 is 0 Å². The van der Waals surface area contributed by atoms with Gasteiger partial charge in [0.1, 0.15) is 17.3 Å². The summed E-state index contributed by atoms with van der Waals surface area (Å²) in [4.78, 5) is 19.1. The van der Waals surface area contributed by atoms with E-state index in [0.717, 1.165) is 54.4 Å². The predicted molar refractivity (Wildman–Crippen MR) is 84.1 cm³/mol. The lowest BCUT2D eigenvalue weighted by atomic mass is 10.0. The second-order valence-electron chi connectivity index (χ2n) is 6.14. The molecular weight excluding hydrogens is 278 g/mol. The van der Waals surface area contributed by atoms with Crippen molar-refractivity contribution in [3.8, 4) is 0 Å². The summed E-state index contributed by atoms with van der Waals surface area (Å²) in [6, 6.07) is 0.314. The molecule has 5 heteroatoms. The van der Waals surface area contributed by atoms with E-state index >= 15 is 0 Å². The Hall–Kier alpha value is -2.04. The number of hydrogen-bond donors (Lipinski definition) is 0. The minimum absolute atomic E-state index is 0.0920. The van der Waals surface area contributed by atoms with E-state index in [-0.39, 0.29) is 5.91 Å². The van der Waals surface area contributed by atoms with E-state index in [4.69, 9.17) is 4.42 Å². The third-order valence-corrected chi connectivity index (χ3v) is 4.71. The lowest BCUT2D eigenvalue weighted by Gasteiger charge is -2.34. The van der Waals surface area contributed by atoms with Gasteiger partial charge in [-0.15, -0.1) is 0 Å². The Morgan fingerprint density at radius 2 is 2.05 bits per heavy atom. The summed E-state index contributed by atoms with van der Waals surface area (Å²) >= 11 is 0. The van der Waals surface area contributed by atoms with Crippen LogP contribution in [0.1, 0.15) is 52.1 Å². The molecule has 0 aromatic carbocycles. The second-order valence-corrected chi connectivity index (χ2v) is 6.14. The van der Waals surface area contributed by atoms with Gasteiger partial charge in [0.05, 0.1) is 11.6 Å². The van der Waals surface area contributed by atoms with Crippen molar-refractivity contribution < 1.29 is 9.21 Å². The highest BCUT2D eigenvalue weighted by molar-refractivity contribution is 5.97. The number of imidazole rings is 1. The normalized spacial score (nSPS) is 18.7. The summed E-state index contributed by atoms with van der Waals surface area (Å²) in [7, 11) is 0. The van der Waals surface area contributed by atoms with Crippen molar-refractivity contribution in [3.63, 3.8) is 0 Å². The largest absolute Gasteiger partial charge is 0.466 e. The molecule has 1 saturated heterocycles. The Labute approximate surface area is 130 Å². The van der Waals surface area contributed by atoms with Crippen LogP contribution in [0.3, 0.4) is 0 Å².